The molecule has 1 atom stereocenters. The summed E-state index contributed by atoms with van der Waals surface area (Å²) in [7, 11) is 2.13. The number of hydrogen-bond donors (Lipinski definition) is 2. The van der Waals surface area contributed by atoms with Gasteiger partial charge in [0.2, 0.25) is 0 Å². The minimum atomic E-state index is -1.01. The molecule has 1 unspecified atom stereocenters. The molecule has 198 valence electrons. The standard InChI is InChI=1S/C32H36N2O4/c1-32(2,3)27-20-26(29(35)15-12-23-10-13-25(14-11-23)31(36)37)21-28(34-18-16-33(4)17-19-34)30(27)38-22-24-8-6-5-7-9-24/h5-11,13-14,20-21,29,35H,16-19,22H2,1-4H3,(H,36,37). The highest BCUT2D eigenvalue weighted by molar-refractivity contribution is 5.87. The average molecular weight is 513 g/mol. The number of carboxylic acid groups (broad SMARTS) is 1. The molecule has 0 radical (unpaired) electrons. The Kier molecular flexibility index (Phi) is 8.41. The first kappa shape index (κ1) is 27.3. The Morgan fingerprint density at radius 3 is 2.26 bits per heavy atom. The summed E-state index contributed by atoms with van der Waals surface area (Å²) in [4.78, 5) is 15.8. The molecule has 0 aliphatic carbocycles. The van der Waals surface area contributed by atoms with Crippen molar-refractivity contribution >= 4 is 11.7 Å². The number of nitrogens with zero attached hydrogens (tertiary/aromatic N) is 2. The third-order valence-electron chi connectivity index (χ3n) is 6.77. The van der Waals surface area contributed by atoms with Gasteiger partial charge < -0.3 is 24.7 Å². The number of hydrogen-bond acceptors (Lipinski definition) is 5. The molecule has 1 saturated heterocycles. The molecule has 0 amide bonds. The number of aliphatic hydroxyl groups excluding tert-OH is 1. The van der Waals surface area contributed by atoms with Gasteiger partial charge in [-0.3, -0.25) is 0 Å². The third kappa shape index (κ3) is 6.74. The Morgan fingerprint density at radius 1 is 1.00 bits per heavy atom. The highest BCUT2D eigenvalue weighted by Gasteiger charge is 2.28. The molecule has 0 bridgehead atoms. The minimum absolute atomic E-state index is 0.203. The van der Waals surface area contributed by atoms with Crippen molar-refractivity contribution < 1.29 is 19.7 Å². The molecule has 6 heteroatoms. The fraction of sp³-hybridized carbons (Fsp3) is 0.344. The Morgan fingerprint density at radius 2 is 1.66 bits per heavy atom. The zero-order valence-electron chi connectivity index (χ0n) is 22.6. The summed E-state index contributed by atoms with van der Waals surface area (Å²) in [6.07, 6.45) is -1.01. The zero-order valence-corrected chi connectivity index (χ0v) is 22.6. The zero-order chi connectivity index (χ0) is 27.3. The van der Waals surface area contributed by atoms with E-state index in [1.165, 1.54) is 12.1 Å². The molecule has 1 aliphatic heterocycles. The average Bonchev–Trinajstić information content (AvgIpc) is 2.91. The number of likely N-dealkylation sites (N-methyl/N-ethyl adjacent to an activating group) is 1. The quantitative estimate of drug-likeness (QED) is 0.448. The van der Waals surface area contributed by atoms with Gasteiger partial charge >= 0.3 is 5.97 Å². The Labute approximate surface area is 225 Å². The molecule has 0 saturated carbocycles. The van der Waals surface area contributed by atoms with Crippen LogP contribution in [0.5, 0.6) is 5.75 Å². The van der Waals surface area contributed by atoms with Crippen molar-refractivity contribution in [3.63, 3.8) is 0 Å². The summed E-state index contributed by atoms with van der Waals surface area (Å²) in [6.45, 7) is 10.5. The highest BCUT2D eigenvalue weighted by Crippen LogP contribution is 2.42. The monoisotopic (exact) mass is 512 g/mol. The molecular weight excluding hydrogens is 476 g/mol. The van der Waals surface area contributed by atoms with Gasteiger partial charge in [0.25, 0.3) is 0 Å². The van der Waals surface area contributed by atoms with E-state index < -0.39 is 12.1 Å². The predicted octanol–water partition coefficient (Wildman–Crippen LogP) is 5.10. The van der Waals surface area contributed by atoms with Crippen molar-refractivity contribution in [1.82, 2.24) is 4.90 Å². The van der Waals surface area contributed by atoms with Crippen LogP contribution in [0.4, 0.5) is 5.69 Å². The number of aliphatic hydroxyl groups is 1. The van der Waals surface area contributed by atoms with Gasteiger partial charge in [0.15, 0.2) is 0 Å². The largest absolute Gasteiger partial charge is 0.486 e. The third-order valence-corrected chi connectivity index (χ3v) is 6.77. The van der Waals surface area contributed by atoms with Crippen LogP contribution in [-0.4, -0.2) is 54.3 Å². The van der Waals surface area contributed by atoms with Crippen LogP contribution in [0.25, 0.3) is 0 Å². The number of piperazine rings is 1. The smallest absolute Gasteiger partial charge is 0.335 e. The molecule has 1 heterocycles. The van der Waals surface area contributed by atoms with Crippen LogP contribution in [0.3, 0.4) is 0 Å². The first-order valence-electron chi connectivity index (χ1n) is 12.9. The molecule has 38 heavy (non-hydrogen) atoms. The van der Waals surface area contributed by atoms with Gasteiger partial charge in [-0.05, 0) is 60.0 Å². The number of carboxylic acids is 1. The summed E-state index contributed by atoms with van der Waals surface area (Å²) in [5.74, 6) is 5.80. The predicted molar refractivity (Wildman–Crippen MR) is 151 cm³/mol. The van der Waals surface area contributed by atoms with Crippen LogP contribution in [0.1, 0.15) is 59.5 Å². The molecule has 0 spiro atoms. The minimum Gasteiger partial charge on any atom is -0.486 e. The number of ether oxygens (including phenoxy) is 1. The molecule has 2 N–H and O–H groups in total. The van der Waals surface area contributed by atoms with Crippen molar-refractivity contribution in [3.05, 3.63) is 94.5 Å². The van der Waals surface area contributed by atoms with Gasteiger partial charge in [-0.25, -0.2) is 4.79 Å². The van der Waals surface area contributed by atoms with Gasteiger partial charge in [-0.15, -0.1) is 0 Å². The van der Waals surface area contributed by atoms with Crippen molar-refractivity contribution in [2.45, 2.75) is 38.9 Å². The summed E-state index contributed by atoms with van der Waals surface area (Å²) in [5, 5.41) is 20.3. The maximum absolute atomic E-state index is 11.1. The molecule has 0 aromatic heterocycles. The summed E-state index contributed by atoms with van der Waals surface area (Å²) in [5.41, 5.74) is 4.42. The molecule has 6 nitrogen and oxygen atoms in total. The molecular formula is C32H36N2O4. The van der Waals surface area contributed by atoms with E-state index in [1.807, 2.05) is 30.3 Å². The Balaban J connectivity index is 1.72. The highest BCUT2D eigenvalue weighted by atomic mass is 16.5. The topological polar surface area (TPSA) is 73.2 Å². The lowest BCUT2D eigenvalue weighted by Crippen LogP contribution is -2.44. The van der Waals surface area contributed by atoms with E-state index in [1.54, 1.807) is 12.1 Å². The van der Waals surface area contributed by atoms with E-state index in [9.17, 15) is 9.90 Å². The van der Waals surface area contributed by atoms with Crippen molar-refractivity contribution in [3.8, 4) is 17.6 Å². The van der Waals surface area contributed by atoms with E-state index >= 15 is 0 Å². The fourth-order valence-corrected chi connectivity index (χ4v) is 4.45. The number of carbonyl (C=O) groups is 1. The van der Waals surface area contributed by atoms with Gasteiger partial charge in [0, 0.05) is 37.3 Å². The second-order valence-electron chi connectivity index (χ2n) is 10.8. The van der Waals surface area contributed by atoms with Crippen LogP contribution in [0.15, 0.2) is 66.7 Å². The van der Waals surface area contributed by atoms with Gasteiger partial charge in [0.1, 0.15) is 18.5 Å². The summed E-state index contributed by atoms with van der Waals surface area (Å²) in [6, 6.07) is 20.5. The summed E-state index contributed by atoms with van der Waals surface area (Å²) >= 11 is 0. The second kappa shape index (κ2) is 11.7. The first-order valence-corrected chi connectivity index (χ1v) is 12.9. The Hall–Kier alpha value is -3.79. The Bertz CT molecular complexity index is 1310. The van der Waals surface area contributed by atoms with Gasteiger partial charge in [-0.2, -0.15) is 0 Å². The van der Waals surface area contributed by atoms with Gasteiger partial charge in [-0.1, -0.05) is 62.9 Å². The van der Waals surface area contributed by atoms with Crippen LogP contribution < -0.4 is 9.64 Å². The van der Waals surface area contributed by atoms with Crippen LogP contribution in [0.2, 0.25) is 0 Å². The maximum atomic E-state index is 11.1. The van der Waals surface area contributed by atoms with E-state index in [4.69, 9.17) is 9.84 Å². The lowest BCUT2D eigenvalue weighted by Gasteiger charge is -2.37. The van der Waals surface area contributed by atoms with Gasteiger partial charge in [0.05, 0.1) is 11.3 Å². The van der Waals surface area contributed by atoms with Crippen molar-refractivity contribution in [2.24, 2.45) is 0 Å². The van der Waals surface area contributed by atoms with E-state index in [0.29, 0.717) is 17.7 Å². The lowest BCUT2D eigenvalue weighted by atomic mass is 9.84. The lowest BCUT2D eigenvalue weighted by molar-refractivity contribution is 0.0697. The normalized spacial score (nSPS) is 14.9. The SMILES string of the molecule is CN1CCN(c2cc(C(O)C#Cc3ccc(C(=O)O)cc3)cc(C(C)(C)C)c2OCc2ccccc2)CC1. The summed E-state index contributed by atoms with van der Waals surface area (Å²) < 4.78 is 6.53. The van der Waals surface area contributed by atoms with E-state index in [-0.39, 0.29) is 11.0 Å². The van der Waals surface area contributed by atoms with Crippen LogP contribution in [-0.2, 0) is 12.0 Å². The second-order valence-corrected chi connectivity index (χ2v) is 10.8. The number of rotatable bonds is 6. The molecule has 1 aliphatic rings. The van der Waals surface area contributed by atoms with Crippen LogP contribution in [0, 0.1) is 11.8 Å². The molecule has 3 aromatic carbocycles. The first-order chi connectivity index (χ1) is 18.1. The molecule has 1 fully saturated rings. The maximum Gasteiger partial charge on any atom is 0.335 e. The van der Waals surface area contributed by atoms with Crippen LogP contribution >= 0.6 is 0 Å². The van der Waals surface area contributed by atoms with E-state index in [0.717, 1.165) is 48.7 Å². The van der Waals surface area contributed by atoms with Crippen molar-refractivity contribution in [2.75, 3.05) is 38.1 Å². The molecule has 3 aromatic rings. The number of aromatic carboxylic acids is 1. The number of anilines is 1. The van der Waals surface area contributed by atoms with E-state index in [2.05, 4.69) is 61.6 Å². The number of benzene rings is 3. The molecule has 4 rings (SSSR count). The van der Waals surface area contributed by atoms with Crippen molar-refractivity contribution in [1.29, 1.82) is 0 Å². The fourth-order valence-electron chi connectivity index (χ4n) is 4.45.